The van der Waals surface area contributed by atoms with Crippen LogP contribution in [0.3, 0.4) is 0 Å². The van der Waals surface area contributed by atoms with Gasteiger partial charge in [0.1, 0.15) is 10.7 Å². The van der Waals surface area contributed by atoms with Gasteiger partial charge in [0.25, 0.3) is 5.91 Å². The number of rotatable bonds is 3. The van der Waals surface area contributed by atoms with Crippen molar-refractivity contribution in [2.45, 2.75) is 44.6 Å². The molecule has 0 N–H and O–H groups in total. The lowest BCUT2D eigenvalue weighted by Gasteiger charge is -2.26. The molecule has 1 amide bonds. The van der Waals surface area contributed by atoms with Gasteiger partial charge in [0.15, 0.2) is 0 Å². The lowest BCUT2D eigenvalue weighted by Crippen LogP contribution is -2.36. The number of amides is 1. The van der Waals surface area contributed by atoms with E-state index in [1.165, 1.54) is 37.0 Å². The number of carbonyl (C=O) groups is 1. The molecule has 0 atom stereocenters. The van der Waals surface area contributed by atoms with Gasteiger partial charge in [-0.1, -0.05) is 49.4 Å². The van der Waals surface area contributed by atoms with Crippen molar-refractivity contribution in [1.82, 2.24) is 9.88 Å². The van der Waals surface area contributed by atoms with Crippen molar-refractivity contribution in [2.75, 3.05) is 7.05 Å². The third-order valence-corrected chi connectivity index (χ3v) is 5.61. The fourth-order valence-electron chi connectivity index (χ4n) is 3.12. The summed E-state index contributed by atoms with van der Waals surface area (Å²) in [6.45, 7) is 0. The molecule has 1 fully saturated rings. The predicted octanol–water partition coefficient (Wildman–Crippen LogP) is 5.26. The average Bonchev–Trinajstić information content (AvgIpc) is 2.89. The number of benzene rings is 1. The van der Waals surface area contributed by atoms with E-state index in [0.717, 1.165) is 23.4 Å². The SMILES string of the molecule is CN(C(=O)c1csc(-c2cccc(Cl)c2)n1)C1CCCCCC1. The molecule has 1 heterocycles. The van der Waals surface area contributed by atoms with Crippen molar-refractivity contribution in [1.29, 1.82) is 0 Å². The van der Waals surface area contributed by atoms with Crippen molar-refractivity contribution >= 4 is 28.8 Å². The molecule has 3 rings (SSSR count). The number of halogens is 1. The van der Waals surface area contributed by atoms with Crippen LogP contribution in [-0.4, -0.2) is 28.9 Å². The number of thiazole rings is 1. The molecule has 0 aliphatic heterocycles. The number of hydrogen-bond acceptors (Lipinski definition) is 3. The molecule has 1 aromatic heterocycles. The Morgan fingerprint density at radius 3 is 2.70 bits per heavy atom. The van der Waals surface area contributed by atoms with Crippen LogP contribution in [0.1, 0.15) is 49.0 Å². The number of aromatic nitrogens is 1. The standard InChI is InChI=1S/C18H21ClN2OS/c1-21(15-9-4-2-3-5-10-15)18(22)16-12-23-17(20-16)13-7-6-8-14(19)11-13/h6-8,11-12,15H,2-5,9-10H2,1H3. The summed E-state index contributed by atoms with van der Waals surface area (Å²) >= 11 is 7.52. The van der Waals surface area contributed by atoms with Crippen molar-refractivity contribution in [3.05, 3.63) is 40.4 Å². The highest BCUT2D eigenvalue weighted by Gasteiger charge is 2.24. The van der Waals surface area contributed by atoms with Crippen molar-refractivity contribution in [3.8, 4) is 10.6 Å². The van der Waals surface area contributed by atoms with E-state index < -0.39 is 0 Å². The fraction of sp³-hybridized carbons (Fsp3) is 0.444. The first-order valence-electron chi connectivity index (χ1n) is 8.14. The van der Waals surface area contributed by atoms with Gasteiger partial charge in [0.05, 0.1) is 0 Å². The van der Waals surface area contributed by atoms with Crippen LogP contribution in [0.5, 0.6) is 0 Å². The maximum atomic E-state index is 12.7. The van der Waals surface area contributed by atoms with Crippen LogP contribution in [0, 0.1) is 0 Å². The summed E-state index contributed by atoms with van der Waals surface area (Å²) in [5, 5.41) is 3.37. The third kappa shape index (κ3) is 3.93. The fourth-order valence-corrected chi connectivity index (χ4v) is 4.10. The van der Waals surface area contributed by atoms with Crippen LogP contribution in [0.4, 0.5) is 0 Å². The topological polar surface area (TPSA) is 33.2 Å². The Kier molecular flexibility index (Phi) is 5.34. The second-order valence-corrected chi connectivity index (χ2v) is 7.40. The molecule has 1 aliphatic rings. The molecule has 0 spiro atoms. The van der Waals surface area contributed by atoms with Crippen LogP contribution in [-0.2, 0) is 0 Å². The lowest BCUT2D eigenvalue weighted by atomic mass is 10.1. The largest absolute Gasteiger partial charge is 0.337 e. The van der Waals surface area contributed by atoms with Crippen LogP contribution >= 0.6 is 22.9 Å². The van der Waals surface area contributed by atoms with E-state index in [4.69, 9.17) is 11.6 Å². The summed E-state index contributed by atoms with van der Waals surface area (Å²) in [5.41, 5.74) is 1.50. The summed E-state index contributed by atoms with van der Waals surface area (Å²) in [6.07, 6.45) is 7.21. The molecule has 122 valence electrons. The Morgan fingerprint density at radius 1 is 1.26 bits per heavy atom. The summed E-state index contributed by atoms with van der Waals surface area (Å²) < 4.78 is 0. The number of carbonyl (C=O) groups excluding carboxylic acids is 1. The molecular formula is C18H21ClN2OS. The van der Waals surface area contributed by atoms with Crippen molar-refractivity contribution in [2.24, 2.45) is 0 Å². The quantitative estimate of drug-likeness (QED) is 0.709. The molecule has 2 aromatic rings. The summed E-state index contributed by atoms with van der Waals surface area (Å²) in [6, 6.07) is 7.93. The molecule has 1 aromatic carbocycles. The second kappa shape index (κ2) is 7.45. The minimum atomic E-state index is 0.0291. The Hall–Kier alpha value is -1.39. The van der Waals surface area contributed by atoms with E-state index in [1.807, 2.05) is 41.6 Å². The zero-order valence-electron chi connectivity index (χ0n) is 13.3. The Morgan fingerprint density at radius 2 is 2.00 bits per heavy atom. The molecule has 1 aliphatic carbocycles. The second-order valence-electron chi connectivity index (χ2n) is 6.11. The van der Waals surface area contributed by atoms with Crippen molar-refractivity contribution in [3.63, 3.8) is 0 Å². The zero-order valence-corrected chi connectivity index (χ0v) is 14.9. The van der Waals surface area contributed by atoms with E-state index in [-0.39, 0.29) is 5.91 Å². The van der Waals surface area contributed by atoms with Gasteiger partial charge < -0.3 is 4.90 Å². The minimum Gasteiger partial charge on any atom is -0.337 e. The van der Waals surface area contributed by atoms with Gasteiger partial charge in [-0.3, -0.25) is 4.79 Å². The van der Waals surface area contributed by atoms with Gasteiger partial charge in [0, 0.05) is 29.1 Å². The molecule has 23 heavy (non-hydrogen) atoms. The Bertz CT molecular complexity index is 677. The van der Waals surface area contributed by atoms with Gasteiger partial charge in [-0.2, -0.15) is 0 Å². The van der Waals surface area contributed by atoms with E-state index in [1.54, 1.807) is 0 Å². The van der Waals surface area contributed by atoms with Crippen LogP contribution in [0.25, 0.3) is 10.6 Å². The molecule has 0 saturated heterocycles. The normalized spacial score (nSPS) is 16.1. The maximum absolute atomic E-state index is 12.7. The van der Waals surface area contributed by atoms with Gasteiger partial charge in [0.2, 0.25) is 0 Å². The first-order valence-corrected chi connectivity index (χ1v) is 9.39. The molecule has 0 unspecified atom stereocenters. The minimum absolute atomic E-state index is 0.0291. The highest BCUT2D eigenvalue weighted by molar-refractivity contribution is 7.13. The van der Waals surface area contributed by atoms with Crippen LogP contribution in [0.2, 0.25) is 5.02 Å². The van der Waals surface area contributed by atoms with E-state index >= 15 is 0 Å². The summed E-state index contributed by atoms with van der Waals surface area (Å²) in [5.74, 6) is 0.0291. The summed E-state index contributed by atoms with van der Waals surface area (Å²) in [4.78, 5) is 19.1. The predicted molar refractivity (Wildman–Crippen MR) is 96.1 cm³/mol. The smallest absolute Gasteiger partial charge is 0.273 e. The average molecular weight is 349 g/mol. The van der Waals surface area contributed by atoms with E-state index in [9.17, 15) is 4.79 Å². The molecule has 3 nitrogen and oxygen atoms in total. The molecular weight excluding hydrogens is 328 g/mol. The lowest BCUT2D eigenvalue weighted by molar-refractivity contribution is 0.0712. The van der Waals surface area contributed by atoms with E-state index in [2.05, 4.69) is 4.98 Å². The van der Waals surface area contributed by atoms with Crippen molar-refractivity contribution < 1.29 is 4.79 Å². The molecule has 1 saturated carbocycles. The maximum Gasteiger partial charge on any atom is 0.273 e. The van der Waals surface area contributed by atoms with Gasteiger partial charge >= 0.3 is 0 Å². The van der Waals surface area contributed by atoms with Gasteiger partial charge in [-0.05, 0) is 25.0 Å². The third-order valence-electron chi connectivity index (χ3n) is 4.49. The molecule has 0 bridgehead atoms. The monoisotopic (exact) mass is 348 g/mol. The highest BCUT2D eigenvalue weighted by Crippen LogP contribution is 2.27. The van der Waals surface area contributed by atoms with Gasteiger partial charge in [-0.15, -0.1) is 11.3 Å². The molecule has 0 radical (unpaired) electrons. The van der Waals surface area contributed by atoms with Gasteiger partial charge in [-0.25, -0.2) is 4.98 Å². The first-order chi connectivity index (χ1) is 11.1. The Labute approximate surface area is 146 Å². The first kappa shape index (κ1) is 16.5. The highest BCUT2D eigenvalue weighted by atomic mass is 35.5. The molecule has 5 heteroatoms. The number of hydrogen-bond donors (Lipinski definition) is 0. The van der Waals surface area contributed by atoms with E-state index in [0.29, 0.717) is 16.8 Å². The zero-order chi connectivity index (χ0) is 16.2. The summed E-state index contributed by atoms with van der Waals surface area (Å²) in [7, 11) is 1.91. The number of nitrogens with zero attached hydrogens (tertiary/aromatic N) is 2. The van der Waals surface area contributed by atoms with Crippen LogP contribution < -0.4 is 0 Å². The van der Waals surface area contributed by atoms with Crippen LogP contribution in [0.15, 0.2) is 29.6 Å². The Balaban J connectivity index is 1.75.